The van der Waals surface area contributed by atoms with Crippen molar-refractivity contribution in [3.63, 3.8) is 0 Å². The number of unbranched alkanes of at least 4 members (excludes halogenated alkanes) is 1. The molecule has 0 aliphatic heterocycles. The highest BCUT2D eigenvalue weighted by molar-refractivity contribution is 7.98. The molecule has 0 spiro atoms. The maximum Gasteiger partial charge on any atom is 0.0668 e. The number of nitrogens with zero attached hydrogens (tertiary/aromatic N) is 1. The highest BCUT2D eigenvalue weighted by Crippen LogP contribution is 2.25. The van der Waals surface area contributed by atoms with Crippen LogP contribution in [0.1, 0.15) is 25.3 Å². The van der Waals surface area contributed by atoms with Crippen molar-refractivity contribution >= 4 is 23.1 Å². The Bertz CT molecular complexity index is 522. The third-order valence-electron chi connectivity index (χ3n) is 3.09. The summed E-state index contributed by atoms with van der Waals surface area (Å²) < 4.78 is 0. The monoisotopic (exact) mass is 270 g/mol. The minimum atomic E-state index is 1.04. The van der Waals surface area contributed by atoms with Gasteiger partial charge in [0.15, 0.2) is 0 Å². The second-order valence-electron chi connectivity index (χ2n) is 4.55. The molecule has 2 rings (SSSR count). The third-order valence-corrected chi connectivity index (χ3v) is 3.82. The first-order valence-corrected chi connectivity index (χ1v) is 7.99. The molecule has 2 aromatic carbocycles. The van der Waals surface area contributed by atoms with Gasteiger partial charge in [-0.1, -0.05) is 37.6 Å². The lowest BCUT2D eigenvalue weighted by Crippen LogP contribution is -1.95. The van der Waals surface area contributed by atoms with Crippen LogP contribution in [-0.2, 0) is 6.42 Å². The number of para-hydroxylation sites is 1. The van der Waals surface area contributed by atoms with Gasteiger partial charge in [0.05, 0.1) is 11.4 Å². The first kappa shape index (κ1) is 14.0. The Kier molecular flexibility index (Phi) is 5.34. The molecule has 0 fully saturated rings. The number of benzene rings is 2. The quantitative estimate of drug-likeness (QED) is 0.648. The zero-order valence-electron chi connectivity index (χ0n) is 11.6. The standard InChI is InChI=1S/C17H20NS/c1-3-4-8-14-9-5-6-12-17(14)18-15-10-7-11-16(13-15)19-2/h5-7,9-13H,3-4,8H2,1-2H3. The zero-order chi connectivity index (χ0) is 13.5. The predicted molar refractivity (Wildman–Crippen MR) is 84.7 cm³/mol. The topological polar surface area (TPSA) is 14.1 Å². The van der Waals surface area contributed by atoms with E-state index < -0.39 is 0 Å². The van der Waals surface area contributed by atoms with Crippen molar-refractivity contribution in [1.29, 1.82) is 0 Å². The number of thioether (sulfide) groups is 1. The fourth-order valence-corrected chi connectivity index (χ4v) is 2.47. The summed E-state index contributed by atoms with van der Waals surface area (Å²) in [7, 11) is 0. The Labute approximate surface area is 120 Å². The molecule has 1 nitrogen and oxygen atoms in total. The fraction of sp³-hybridized carbons (Fsp3) is 0.294. The van der Waals surface area contributed by atoms with Crippen LogP contribution in [0.2, 0.25) is 0 Å². The third kappa shape index (κ3) is 4.03. The zero-order valence-corrected chi connectivity index (χ0v) is 12.4. The minimum Gasteiger partial charge on any atom is -0.249 e. The van der Waals surface area contributed by atoms with Gasteiger partial charge in [-0.15, -0.1) is 11.8 Å². The van der Waals surface area contributed by atoms with E-state index in [4.69, 9.17) is 5.32 Å². The van der Waals surface area contributed by atoms with Crippen LogP contribution in [0.25, 0.3) is 0 Å². The van der Waals surface area contributed by atoms with Gasteiger partial charge >= 0.3 is 0 Å². The summed E-state index contributed by atoms with van der Waals surface area (Å²) >= 11 is 1.75. The van der Waals surface area contributed by atoms with E-state index in [2.05, 4.69) is 61.7 Å². The molecular weight excluding hydrogens is 250 g/mol. The Morgan fingerprint density at radius 2 is 1.89 bits per heavy atom. The van der Waals surface area contributed by atoms with E-state index in [9.17, 15) is 0 Å². The van der Waals surface area contributed by atoms with Gasteiger partial charge < -0.3 is 0 Å². The lowest BCUT2D eigenvalue weighted by Gasteiger charge is -2.10. The molecule has 0 bridgehead atoms. The van der Waals surface area contributed by atoms with E-state index in [0.29, 0.717) is 0 Å². The van der Waals surface area contributed by atoms with Crippen molar-refractivity contribution in [3.05, 3.63) is 54.1 Å². The Morgan fingerprint density at radius 3 is 2.68 bits per heavy atom. The summed E-state index contributed by atoms with van der Waals surface area (Å²) in [6.45, 7) is 2.22. The second kappa shape index (κ2) is 7.25. The average molecular weight is 270 g/mol. The van der Waals surface area contributed by atoms with E-state index in [1.165, 1.54) is 23.3 Å². The lowest BCUT2D eigenvalue weighted by atomic mass is 10.1. The SMILES string of the molecule is CCCCc1ccccc1[N]c1cccc(SC)c1. The number of aryl methyl sites for hydroxylation is 1. The Balaban J connectivity index is 2.17. The summed E-state index contributed by atoms with van der Waals surface area (Å²) in [5.41, 5.74) is 3.49. The van der Waals surface area contributed by atoms with Gasteiger partial charge in [-0.25, -0.2) is 5.32 Å². The summed E-state index contributed by atoms with van der Waals surface area (Å²) in [6, 6.07) is 16.8. The minimum absolute atomic E-state index is 1.04. The molecule has 0 heterocycles. The molecule has 0 unspecified atom stereocenters. The van der Waals surface area contributed by atoms with E-state index in [-0.39, 0.29) is 0 Å². The molecule has 99 valence electrons. The number of hydrogen-bond acceptors (Lipinski definition) is 1. The molecule has 19 heavy (non-hydrogen) atoms. The first-order valence-electron chi connectivity index (χ1n) is 6.77. The van der Waals surface area contributed by atoms with Crippen LogP contribution in [0, 0.1) is 0 Å². The van der Waals surface area contributed by atoms with Crippen LogP contribution >= 0.6 is 11.8 Å². The maximum atomic E-state index is 4.79. The molecule has 0 saturated heterocycles. The maximum absolute atomic E-state index is 4.79. The predicted octanol–water partition coefficient (Wildman–Crippen LogP) is 5.32. The fourth-order valence-electron chi connectivity index (χ4n) is 2.02. The molecule has 0 N–H and O–H groups in total. The van der Waals surface area contributed by atoms with Gasteiger partial charge in [0.2, 0.25) is 0 Å². The second-order valence-corrected chi connectivity index (χ2v) is 5.43. The molecule has 0 saturated carbocycles. The van der Waals surface area contributed by atoms with E-state index >= 15 is 0 Å². The lowest BCUT2D eigenvalue weighted by molar-refractivity contribution is 0.792. The normalized spacial score (nSPS) is 10.4. The van der Waals surface area contributed by atoms with Gasteiger partial charge in [0.1, 0.15) is 0 Å². The van der Waals surface area contributed by atoms with Crippen molar-refractivity contribution in [2.24, 2.45) is 0 Å². The van der Waals surface area contributed by atoms with Crippen molar-refractivity contribution in [1.82, 2.24) is 5.32 Å². The Hall–Kier alpha value is -1.41. The van der Waals surface area contributed by atoms with Crippen LogP contribution < -0.4 is 5.32 Å². The van der Waals surface area contributed by atoms with Gasteiger partial charge in [0, 0.05) is 4.90 Å². The largest absolute Gasteiger partial charge is 0.249 e. The molecule has 0 aliphatic carbocycles. The van der Waals surface area contributed by atoms with E-state index in [0.717, 1.165) is 17.8 Å². The first-order chi connectivity index (χ1) is 9.33. The van der Waals surface area contributed by atoms with Crippen LogP contribution in [0.15, 0.2) is 53.4 Å². The number of hydrogen-bond donors (Lipinski definition) is 0. The molecule has 2 heteroatoms. The van der Waals surface area contributed by atoms with E-state index in [1.807, 2.05) is 0 Å². The molecule has 0 amide bonds. The summed E-state index contributed by atoms with van der Waals surface area (Å²) in [5.74, 6) is 0. The highest BCUT2D eigenvalue weighted by Gasteiger charge is 2.04. The molecule has 0 aliphatic rings. The molecule has 0 aromatic heterocycles. The van der Waals surface area contributed by atoms with Crippen molar-refractivity contribution < 1.29 is 0 Å². The van der Waals surface area contributed by atoms with Crippen molar-refractivity contribution in [3.8, 4) is 0 Å². The van der Waals surface area contributed by atoms with E-state index in [1.54, 1.807) is 11.8 Å². The van der Waals surface area contributed by atoms with Gasteiger partial charge in [-0.3, -0.25) is 0 Å². The van der Waals surface area contributed by atoms with Crippen molar-refractivity contribution in [2.45, 2.75) is 31.1 Å². The van der Waals surface area contributed by atoms with Gasteiger partial charge in [-0.2, -0.15) is 0 Å². The van der Waals surface area contributed by atoms with Crippen LogP contribution in [-0.4, -0.2) is 6.26 Å². The summed E-state index contributed by atoms with van der Waals surface area (Å²) in [5, 5.41) is 4.79. The van der Waals surface area contributed by atoms with Crippen LogP contribution in [0.5, 0.6) is 0 Å². The number of rotatable bonds is 6. The smallest absolute Gasteiger partial charge is 0.0668 e. The van der Waals surface area contributed by atoms with Crippen LogP contribution in [0.3, 0.4) is 0 Å². The summed E-state index contributed by atoms with van der Waals surface area (Å²) in [4.78, 5) is 1.26. The van der Waals surface area contributed by atoms with Gasteiger partial charge in [0.25, 0.3) is 0 Å². The van der Waals surface area contributed by atoms with Crippen molar-refractivity contribution in [2.75, 3.05) is 6.26 Å². The van der Waals surface area contributed by atoms with Crippen LogP contribution in [0.4, 0.5) is 11.4 Å². The molecule has 2 aromatic rings. The average Bonchev–Trinajstić information content (AvgIpc) is 2.46. The van der Waals surface area contributed by atoms with Gasteiger partial charge in [-0.05, 0) is 48.9 Å². The molecule has 1 radical (unpaired) electrons. The highest BCUT2D eigenvalue weighted by atomic mass is 32.2. The molecule has 0 atom stereocenters. The molecular formula is C17H20NS. The Morgan fingerprint density at radius 1 is 1.05 bits per heavy atom. The summed E-state index contributed by atoms with van der Waals surface area (Å²) in [6.07, 6.45) is 5.64.